The quantitative estimate of drug-likeness (QED) is 0.596. The average molecular weight is 447 g/mol. The molecule has 3 amide bonds. The molecule has 2 aromatic carbocycles. The zero-order valence-electron chi connectivity index (χ0n) is 18.2. The highest BCUT2D eigenvalue weighted by atomic mass is 32.1. The number of likely N-dealkylation sites (tertiary alicyclic amines) is 1. The molecule has 0 unspecified atom stereocenters. The number of aromatic nitrogens is 1. The summed E-state index contributed by atoms with van der Waals surface area (Å²) < 4.78 is 0. The van der Waals surface area contributed by atoms with Crippen molar-refractivity contribution in [1.82, 2.24) is 15.2 Å². The average Bonchev–Trinajstić information content (AvgIpc) is 3.31. The van der Waals surface area contributed by atoms with Gasteiger partial charge in [0.1, 0.15) is 5.69 Å². The third kappa shape index (κ3) is 4.00. The molecular formula is C25H26N4O2S. The smallest absolute Gasteiger partial charge is 0.319 e. The number of nitrogens with one attached hydrogen (secondary N) is 2. The van der Waals surface area contributed by atoms with Crippen LogP contribution < -0.4 is 10.6 Å². The summed E-state index contributed by atoms with van der Waals surface area (Å²) in [6.07, 6.45) is 1.12. The van der Waals surface area contributed by atoms with Gasteiger partial charge in [-0.25, -0.2) is 9.78 Å². The Labute approximate surface area is 191 Å². The minimum Gasteiger partial charge on any atom is -0.336 e. The summed E-state index contributed by atoms with van der Waals surface area (Å²) >= 11 is 1.55. The van der Waals surface area contributed by atoms with Gasteiger partial charge >= 0.3 is 6.03 Å². The zero-order valence-corrected chi connectivity index (χ0v) is 19.0. The molecule has 2 fully saturated rings. The monoisotopic (exact) mass is 446 g/mol. The number of urea groups is 1. The second-order valence-electron chi connectivity index (χ2n) is 8.61. The number of carbonyl (C=O) groups is 2. The Balaban J connectivity index is 1.30. The fourth-order valence-corrected chi connectivity index (χ4v) is 5.55. The minimum atomic E-state index is -0.245. The molecule has 2 aliphatic rings. The molecule has 0 bridgehead atoms. The van der Waals surface area contributed by atoms with E-state index in [9.17, 15) is 9.59 Å². The van der Waals surface area contributed by atoms with Crippen molar-refractivity contribution in [2.24, 2.45) is 11.8 Å². The van der Waals surface area contributed by atoms with Crippen molar-refractivity contribution in [2.45, 2.75) is 26.3 Å². The molecule has 6 nitrogen and oxygen atoms in total. The van der Waals surface area contributed by atoms with Crippen LogP contribution in [0, 0.1) is 25.7 Å². The van der Waals surface area contributed by atoms with Gasteiger partial charge < -0.3 is 15.5 Å². The van der Waals surface area contributed by atoms with Crippen LogP contribution in [0.3, 0.4) is 0 Å². The molecule has 5 rings (SSSR count). The fraction of sp³-hybridized carbons (Fsp3) is 0.320. The maximum Gasteiger partial charge on any atom is 0.319 e. The summed E-state index contributed by atoms with van der Waals surface area (Å²) in [7, 11) is 0. The number of hydrogen-bond donors (Lipinski definition) is 2. The van der Waals surface area contributed by atoms with Gasteiger partial charge in [-0.3, -0.25) is 4.79 Å². The maximum atomic E-state index is 13.6. The van der Waals surface area contributed by atoms with E-state index in [0.29, 0.717) is 24.1 Å². The van der Waals surface area contributed by atoms with Crippen LogP contribution in [-0.2, 0) is 0 Å². The Morgan fingerprint density at radius 2 is 1.84 bits per heavy atom. The van der Waals surface area contributed by atoms with E-state index in [4.69, 9.17) is 0 Å². The first-order chi connectivity index (χ1) is 15.5. The highest BCUT2D eigenvalue weighted by Crippen LogP contribution is 2.50. The summed E-state index contributed by atoms with van der Waals surface area (Å²) in [5.74, 6) is 0.953. The van der Waals surface area contributed by atoms with Crippen LogP contribution in [0.1, 0.15) is 27.5 Å². The van der Waals surface area contributed by atoms with E-state index in [1.165, 1.54) is 0 Å². The number of para-hydroxylation sites is 1. The lowest BCUT2D eigenvalue weighted by atomic mass is 10.1. The number of rotatable bonds is 5. The molecule has 1 aliphatic carbocycles. The number of anilines is 1. The first-order valence-electron chi connectivity index (χ1n) is 11.0. The Bertz CT molecular complexity index is 1160. The van der Waals surface area contributed by atoms with Gasteiger partial charge in [-0.1, -0.05) is 48.5 Å². The summed E-state index contributed by atoms with van der Waals surface area (Å²) in [5.41, 5.74) is 3.33. The molecule has 32 heavy (non-hydrogen) atoms. The number of aryl methyl sites for hydroxylation is 2. The molecule has 1 saturated heterocycles. The highest BCUT2D eigenvalue weighted by molar-refractivity contribution is 7.15. The van der Waals surface area contributed by atoms with Crippen molar-refractivity contribution in [1.29, 1.82) is 0 Å². The molecule has 1 saturated carbocycles. The standard InChI is InChI=1S/C25H26N4O2S/c1-15-8-6-7-11-20(15)28-25(31)26-13-21-19-12-18(19)14-29(21)24(30)22-23(32-16(2)27-22)17-9-4-3-5-10-17/h3-11,18-19,21H,12-14H2,1-2H3,(H2,26,28,31)/t18-,19-,21-/m1/s1. The van der Waals surface area contributed by atoms with Crippen LogP contribution in [0.4, 0.5) is 10.5 Å². The van der Waals surface area contributed by atoms with Crippen LogP contribution in [0.25, 0.3) is 10.4 Å². The molecule has 1 aromatic heterocycles. The van der Waals surface area contributed by atoms with E-state index in [-0.39, 0.29) is 18.0 Å². The minimum absolute atomic E-state index is 0.000694. The number of fused-ring (bicyclic) bond motifs is 1. The molecule has 2 heterocycles. The molecule has 0 radical (unpaired) electrons. The van der Waals surface area contributed by atoms with Crippen LogP contribution in [0.15, 0.2) is 54.6 Å². The first kappa shape index (κ1) is 20.7. The van der Waals surface area contributed by atoms with Crippen LogP contribution in [0.5, 0.6) is 0 Å². The summed E-state index contributed by atoms with van der Waals surface area (Å²) in [4.78, 5) is 33.5. The summed E-state index contributed by atoms with van der Waals surface area (Å²) in [5, 5.41) is 6.77. The SMILES string of the molecule is Cc1nc(C(=O)N2C[C@H]3C[C@H]3[C@H]2CNC(=O)Nc2ccccc2C)c(-c2ccccc2)s1. The Morgan fingerprint density at radius 3 is 2.62 bits per heavy atom. The maximum absolute atomic E-state index is 13.6. The van der Waals surface area contributed by atoms with Crippen molar-refractivity contribution in [3.8, 4) is 10.4 Å². The van der Waals surface area contributed by atoms with Gasteiger partial charge in [0, 0.05) is 18.8 Å². The van der Waals surface area contributed by atoms with Gasteiger partial charge in [0.05, 0.1) is 15.9 Å². The third-order valence-corrected chi connectivity index (χ3v) is 7.42. The van der Waals surface area contributed by atoms with Crippen molar-refractivity contribution in [3.05, 3.63) is 70.9 Å². The van der Waals surface area contributed by atoms with E-state index in [0.717, 1.165) is 39.7 Å². The van der Waals surface area contributed by atoms with E-state index in [1.807, 2.05) is 73.3 Å². The number of carbonyl (C=O) groups excluding carboxylic acids is 2. The van der Waals surface area contributed by atoms with E-state index in [1.54, 1.807) is 11.3 Å². The molecule has 2 N–H and O–H groups in total. The summed E-state index contributed by atoms with van der Waals surface area (Å²) in [6, 6.07) is 17.4. The van der Waals surface area contributed by atoms with Crippen molar-refractivity contribution < 1.29 is 9.59 Å². The van der Waals surface area contributed by atoms with E-state index >= 15 is 0 Å². The molecule has 0 spiro atoms. The second-order valence-corrected chi connectivity index (χ2v) is 9.81. The number of amides is 3. The van der Waals surface area contributed by atoms with Gasteiger partial charge in [0.15, 0.2) is 0 Å². The van der Waals surface area contributed by atoms with Crippen molar-refractivity contribution in [2.75, 3.05) is 18.4 Å². The lowest BCUT2D eigenvalue weighted by molar-refractivity contribution is 0.0702. The predicted molar refractivity (Wildman–Crippen MR) is 127 cm³/mol. The van der Waals surface area contributed by atoms with Crippen LogP contribution in [-0.4, -0.2) is 41.0 Å². The third-order valence-electron chi connectivity index (χ3n) is 6.40. The van der Waals surface area contributed by atoms with Gasteiger partial charge in [-0.05, 0) is 49.3 Å². The predicted octanol–water partition coefficient (Wildman–Crippen LogP) is 4.71. The Morgan fingerprint density at radius 1 is 1.09 bits per heavy atom. The number of nitrogens with zero attached hydrogens (tertiary/aromatic N) is 2. The molecule has 3 atom stereocenters. The van der Waals surface area contributed by atoms with Gasteiger partial charge in [-0.2, -0.15) is 0 Å². The Kier molecular flexibility index (Phi) is 5.43. The number of benzene rings is 2. The lowest BCUT2D eigenvalue weighted by Crippen LogP contribution is -2.46. The number of piperidine rings is 1. The first-order valence-corrected chi connectivity index (χ1v) is 11.8. The number of hydrogen-bond acceptors (Lipinski definition) is 4. The topological polar surface area (TPSA) is 74.3 Å². The molecule has 3 aromatic rings. The summed E-state index contributed by atoms with van der Waals surface area (Å²) in [6.45, 7) is 5.07. The zero-order chi connectivity index (χ0) is 22.2. The largest absolute Gasteiger partial charge is 0.336 e. The highest BCUT2D eigenvalue weighted by Gasteiger charge is 2.54. The molecule has 1 aliphatic heterocycles. The van der Waals surface area contributed by atoms with Gasteiger partial charge in [-0.15, -0.1) is 11.3 Å². The van der Waals surface area contributed by atoms with E-state index < -0.39 is 0 Å². The normalized spacial score (nSPS) is 21.2. The van der Waals surface area contributed by atoms with Crippen LogP contribution >= 0.6 is 11.3 Å². The molecule has 164 valence electrons. The fourth-order valence-electron chi connectivity index (χ4n) is 4.64. The van der Waals surface area contributed by atoms with Crippen LogP contribution in [0.2, 0.25) is 0 Å². The van der Waals surface area contributed by atoms with Gasteiger partial charge in [0.25, 0.3) is 5.91 Å². The lowest BCUT2D eigenvalue weighted by Gasteiger charge is -2.27. The Hall–Kier alpha value is -3.19. The van der Waals surface area contributed by atoms with Crippen molar-refractivity contribution in [3.63, 3.8) is 0 Å². The number of thiazole rings is 1. The second kappa shape index (κ2) is 8.39. The molecular weight excluding hydrogens is 420 g/mol. The molecule has 7 heteroatoms. The van der Waals surface area contributed by atoms with Crippen molar-refractivity contribution >= 4 is 29.0 Å². The van der Waals surface area contributed by atoms with E-state index in [2.05, 4.69) is 15.6 Å². The van der Waals surface area contributed by atoms with Gasteiger partial charge in [0.2, 0.25) is 0 Å².